The van der Waals surface area contributed by atoms with E-state index in [4.69, 9.17) is 0 Å². The first-order chi connectivity index (χ1) is 20.3. The van der Waals surface area contributed by atoms with Gasteiger partial charge in [0.25, 0.3) is 0 Å². The van der Waals surface area contributed by atoms with Crippen LogP contribution in [-0.4, -0.2) is 32.7 Å². The monoisotopic (exact) mass is 602 g/mol. The smallest absolute Gasteiger partial charge is 0.184 e. The highest BCUT2D eigenvalue weighted by molar-refractivity contribution is 6.41. The van der Waals surface area contributed by atoms with Gasteiger partial charge in [-0.3, -0.25) is 14.4 Å². The van der Waals surface area contributed by atoms with Gasteiger partial charge in [-0.2, -0.15) is 0 Å². The molecule has 0 saturated heterocycles. The van der Waals surface area contributed by atoms with Gasteiger partial charge >= 0.3 is 0 Å². The van der Waals surface area contributed by atoms with Crippen LogP contribution in [0.5, 0.6) is 11.5 Å². The van der Waals surface area contributed by atoms with Crippen LogP contribution in [0.1, 0.15) is 87.1 Å². The number of carbonyl (C=O) groups excluding carboxylic acids is 3. The Bertz CT molecular complexity index is 1460. The third-order valence-corrected chi connectivity index (χ3v) is 9.65. The summed E-state index contributed by atoms with van der Waals surface area (Å²) in [7, 11) is 0. The molecule has 2 aliphatic carbocycles. The number of aliphatic hydroxyl groups is 1. The van der Waals surface area contributed by atoms with Gasteiger partial charge in [-0.25, -0.2) is 0 Å². The fraction of sp³-hybridized carbons (Fsp3) is 0.500. The molecule has 0 radical (unpaired) electrons. The molecule has 6 heteroatoms. The Hall–Kier alpha value is -3.67. The quantitative estimate of drug-likeness (QED) is 0.0618. The van der Waals surface area contributed by atoms with E-state index in [1.165, 1.54) is 12.1 Å². The molecule has 0 amide bonds. The highest BCUT2D eigenvalue weighted by Crippen LogP contribution is 2.65. The summed E-state index contributed by atoms with van der Waals surface area (Å²) < 4.78 is 0. The molecule has 2 fully saturated rings. The lowest BCUT2D eigenvalue weighted by molar-refractivity contribution is -0.174. The number of ketones is 3. The molecule has 1 aromatic rings. The highest BCUT2D eigenvalue weighted by atomic mass is 16.3. The molecule has 1 aromatic carbocycles. The highest BCUT2D eigenvalue weighted by Gasteiger charge is 2.73. The maximum Gasteiger partial charge on any atom is 0.184 e. The van der Waals surface area contributed by atoms with Crippen LogP contribution in [-0.2, 0) is 14.4 Å². The zero-order chi connectivity index (χ0) is 33.4. The van der Waals surface area contributed by atoms with Crippen molar-refractivity contribution in [2.45, 2.75) is 81.6 Å². The molecule has 2 aliphatic rings. The minimum absolute atomic E-state index is 0.00199. The largest absolute Gasteiger partial charge is 0.506 e. The Balaban J connectivity index is 2.49. The van der Waals surface area contributed by atoms with Gasteiger partial charge in [-0.1, -0.05) is 89.6 Å². The summed E-state index contributed by atoms with van der Waals surface area (Å²) in [6.07, 6.45) is 10.4. The molecule has 3 N–H and O–H groups in total. The van der Waals surface area contributed by atoms with Crippen LogP contribution in [0.2, 0.25) is 0 Å². The van der Waals surface area contributed by atoms with Crippen LogP contribution in [0.15, 0.2) is 71.9 Å². The van der Waals surface area contributed by atoms with E-state index in [2.05, 4.69) is 32.6 Å². The predicted octanol–water partition coefficient (Wildman–Crippen LogP) is 8.47. The summed E-state index contributed by atoms with van der Waals surface area (Å²) in [5.74, 6) is -3.47. The average molecular weight is 603 g/mol. The molecule has 4 atom stereocenters. The summed E-state index contributed by atoms with van der Waals surface area (Å²) in [5, 5.41) is 31.7. The first kappa shape index (κ1) is 34.8. The Morgan fingerprint density at radius 3 is 2.09 bits per heavy atom. The summed E-state index contributed by atoms with van der Waals surface area (Å²) in [6.45, 7) is 21.9. The van der Waals surface area contributed by atoms with Crippen molar-refractivity contribution in [1.82, 2.24) is 0 Å². The molecule has 0 heterocycles. The van der Waals surface area contributed by atoms with Crippen molar-refractivity contribution in [3.63, 3.8) is 0 Å². The lowest BCUT2D eigenvalue weighted by Gasteiger charge is -2.60. The fourth-order valence-corrected chi connectivity index (χ4v) is 6.80. The van der Waals surface area contributed by atoms with Crippen LogP contribution in [0.25, 0.3) is 5.76 Å². The van der Waals surface area contributed by atoms with Crippen molar-refractivity contribution in [2.75, 3.05) is 0 Å². The molecule has 2 saturated carbocycles. The summed E-state index contributed by atoms with van der Waals surface area (Å²) in [6, 6.07) is 3.63. The van der Waals surface area contributed by atoms with E-state index in [0.717, 1.165) is 17.2 Å². The van der Waals surface area contributed by atoms with E-state index >= 15 is 4.79 Å². The number of hydrogen-bond donors (Lipinski definition) is 3. The number of Topliss-reactive ketones (excluding diaryl/α,β-unsaturated/α-hetero) is 3. The molecule has 0 unspecified atom stereocenters. The second-order valence-corrected chi connectivity index (χ2v) is 14.3. The van der Waals surface area contributed by atoms with Crippen molar-refractivity contribution < 1.29 is 29.7 Å². The Kier molecular flexibility index (Phi) is 10.1. The van der Waals surface area contributed by atoms with Crippen molar-refractivity contribution in [1.29, 1.82) is 0 Å². The van der Waals surface area contributed by atoms with E-state index in [1.54, 1.807) is 0 Å². The van der Waals surface area contributed by atoms with Crippen LogP contribution >= 0.6 is 0 Å². The molecular formula is C38H50O6. The summed E-state index contributed by atoms with van der Waals surface area (Å²) in [4.78, 5) is 44.9. The van der Waals surface area contributed by atoms with Crippen LogP contribution in [0, 0.1) is 39.9 Å². The number of allylic oxidation sites excluding steroid dienone is 8. The van der Waals surface area contributed by atoms with Gasteiger partial charge in [0.15, 0.2) is 28.8 Å². The molecule has 44 heavy (non-hydrogen) atoms. The topological polar surface area (TPSA) is 112 Å². The first-order valence-electron chi connectivity index (χ1n) is 15.6. The molecule has 2 bridgehead atoms. The average Bonchev–Trinajstić information content (AvgIpc) is 2.91. The molecular weight excluding hydrogens is 552 g/mol. The second-order valence-electron chi connectivity index (χ2n) is 14.3. The molecule has 6 nitrogen and oxygen atoms in total. The first-order valence-corrected chi connectivity index (χ1v) is 15.6. The number of carbonyl (C=O) groups is 3. The van der Waals surface area contributed by atoms with Gasteiger partial charge < -0.3 is 15.3 Å². The van der Waals surface area contributed by atoms with Crippen LogP contribution < -0.4 is 0 Å². The van der Waals surface area contributed by atoms with Gasteiger partial charge in [0, 0.05) is 5.56 Å². The third-order valence-electron chi connectivity index (χ3n) is 9.65. The number of hydrogen-bond acceptors (Lipinski definition) is 6. The number of aliphatic hydroxyl groups excluding tert-OH is 1. The Morgan fingerprint density at radius 1 is 0.955 bits per heavy atom. The van der Waals surface area contributed by atoms with Gasteiger partial charge in [-0.15, -0.1) is 0 Å². The van der Waals surface area contributed by atoms with Gasteiger partial charge in [-0.05, 0) is 87.3 Å². The predicted molar refractivity (Wildman–Crippen MR) is 176 cm³/mol. The number of phenolic OH excluding ortho intramolecular Hbond substituents is 2. The lowest BCUT2D eigenvalue weighted by atomic mass is 9.38. The van der Waals surface area contributed by atoms with E-state index in [-0.39, 0.29) is 48.5 Å². The second kappa shape index (κ2) is 12.7. The van der Waals surface area contributed by atoms with Gasteiger partial charge in [0.1, 0.15) is 16.7 Å². The number of benzene rings is 1. The zero-order valence-corrected chi connectivity index (χ0v) is 27.8. The van der Waals surface area contributed by atoms with E-state index in [1.807, 2.05) is 66.7 Å². The maximum atomic E-state index is 15.2. The Morgan fingerprint density at radius 2 is 1.57 bits per heavy atom. The summed E-state index contributed by atoms with van der Waals surface area (Å²) in [5.41, 5.74) is -2.88. The van der Waals surface area contributed by atoms with Crippen LogP contribution in [0.3, 0.4) is 0 Å². The van der Waals surface area contributed by atoms with Crippen molar-refractivity contribution in [3.8, 4) is 11.5 Å². The molecule has 0 aliphatic heterocycles. The van der Waals surface area contributed by atoms with E-state index < -0.39 is 56.4 Å². The molecule has 238 valence electrons. The number of rotatable bonds is 10. The fourth-order valence-electron chi connectivity index (χ4n) is 6.80. The standard InChI is InChI=1S/C38H50O6/c1-22(2)11-13-27(25(7)8)20-37-21-28(15-12-23(3)4)36(9,10)38(35(37)44,18-17-24(5)6)34(43)31(33(37)42)32(41)26-14-16-29(39)30(40)19-26/h11-17,19,22-23,27-28,39-41H,7,18,20-21H2,1-6,8-10H3/b13-11+,15-12-,32-31?/t27-,28+,37+,38-/m0/s1. The zero-order valence-electron chi connectivity index (χ0n) is 27.8. The van der Waals surface area contributed by atoms with Gasteiger partial charge in [0.2, 0.25) is 0 Å². The number of aromatic hydroxyl groups is 2. The summed E-state index contributed by atoms with van der Waals surface area (Å²) >= 11 is 0. The maximum absolute atomic E-state index is 15.2. The Labute approximate surface area is 263 Å². The van der Waals surface area contributed by atoms with Crippen molar-refractivity contribution in [3.05, 3.63) is 77.4 Å². The molecule has 3 rings (SSSR count). The van der Waals surface area contributed by atoms with Gasteiger partial charge in [0.05, 0.1) is 5.41 Å². The van der Waals surface area contributed by atoms with Crippen LogP contribution in [0.4, 0.5) is 0 Å². The minimum Gasteiger partial charge on any atom is -0.506 e. The number of fused-ring (bicyclic) bond motifs is 2. The lowest BCUT2D eigenvalue weighted by Crippen LogP contribution is -2.69. The third kappa shape index (κ3) is 6.00. The minimum atomic E-state index is -1.65. The number of phenols is 2. The molecule has 0 aromatic heterocycles. The van der Waals surface area contributed by atoms with Crippen molar-refractivity contribution in [2.24, 2.45) is 39.9 Å². The normalized spacial score (nSPS) is 27.0. The van der Waals surface area contributed by atoms with E-state index in [0.29, 0.717) is 0 Å². The molecule has 0 spiro atoms. The van der Waals surface area contributed by atoms with E-state index in [9.17, 15) is 24.9 Å². The SMILES string of the molecule is C=C(C)[C@@H](/C=C/C(C)C)C[C@@]12C[C@@H](/C=C\C(C)C)C(C)(C)[C@@](CC=C(C)C)(C(=O)C(=C(O)c3ccc(O)c(O)c3)C1=O)C2=O. The van der Waals surface area contributed by atoms with Crippen molar-refractivity contribution >= 4 is 23.1 Å².